The summed E-state index contributed by atoms with van der Waals surface area (Å²) in [7, 11) is 0. The van der Waals surface area contributed by atoms with Crippen LogP contribution >= 0.6 is 0 Å². The molecule has 0 unspecified atom stereocenters. The van der Waals surface area contributed by atoms with Gasteiger partial charge in [-0.1, -0.05) is 45.0 Å². The van der Waals surface area contributed by atoms with Gasteiger partial charge >= 0.3 is 5.97 Å². The van der Waals surface area contributed by atoms with Crippen molar-refractivity contribution in [1.82, 2.24) is 0 Å². The van der Waals surface area contributed by atoms with E-state index in [1.807, 2.05) is 6.92 Å². The average Bonchev–Trinajstić information content (AvgIpc) is 2.47. The van der Waals surface area contributed by atoms with Crippen molar-refractivity contribution in [3.05, 3.63) is 35.4 Å². The fraction of sp³-hybridized carbons (Fsp3) is 0.650. The molecule has 1 aliphatic carbocycles. The summed E-state index contributed by atoms with van der Waals surface area (Å²) in [5, 5.41) is 0. The highest BCUT2D eigenvalue weighted by molar-refractivity contribution is 5.69. The maximum atomic E-state index is 11.6. The first kappa shape index (κ1) is 17.1. The van der Waals surface area contributed by atoms with Crippen LogP contribution in [0.2, 0.25) is 0 Å². The molecular weight excluding hydrogens is 272 g/mol. The third-order valence-electron chi connectivity index (χ3n) is 4.86. The maximum absolute atomic E-state index is 11.6. The summed E-state index contributed by atoms with van der Waals surface area (Å²) in [5.41, 5.74) is 3.07. The van der Waals surface area contributed by atoms with Crippen LogP contribution in [-0.4, -0.2) is 12.6 Å². The lowest BCUT2D eigenvalue weighted by molar-refractivity contribution is -0.144. The Kier molecular flexibility index (Phi) is 5.66. The highest BCUT2D eigenvalue weighted by Crippen LogP contribution is 2.37. The Morgan fingerprint density at radius 2 is 1.68 bits per heavy atom. The van der Waals surface area contributed by atoms with Gasteiger partial charge in [-0.15, -0.1) is 0 Å². The van der Waals surface area contributed by atoms with Gasteiger partial charge in [0, 0.05) is 6.42 Å². The number of hydrogen-bond donors (Lipinski definition) is 0. The summed E-state index contributed by atoms with van der Waals surface area (Å²) in [6.45, 7) is 9.12. The van der Waals surface area contributed by atoms with Crippen LogP contribution in [0.15, 0.2) is 24.3 Å². The lowest BCUT2D eigenvalue weighted by Crippen LogP contribution is -2.18. The van der Waals surface area contributed by atoms with Gasteiger partial charge in [0.15, 0.2) is 0 Å². The van der Waals surface area contributed by atoms with Gasteiger partial charge < -0.3 is 4.74 Å². The molecule has 0 bridgehead atoms. The van der Waals surface area contributed by atoms with Gasteiger partial charge in [0.05, 0.1) is 6.61 Å². The Balaban J connectivity index is 1.88. The molecule has 1 aromatic rings. The molecule has 1 aliphatic rings. The van der Waals surface area contributed by atoms with Gasteiger partial charge in [0.1, 0.15) is 0 Å². The van der Waals surface area contributed by atoms with Gasteiger partial charge in [0.2, 0.25) is 0 Å². The van der Waals surface area contributed by atoms with E-state index in [1.165, 1.54) is 24.0 Å². The molecule has 122 valence electrons. The van der Waals surface area contributed by atoms with Crippen LogP contribution in [0.25, 0.3) is 0 Å². The van der Waals surface area contributed by atoms with E-state index in [9.17, 15) is 4.79 Å². The second-order valence-electron chi connectivity index (χ2n) is 7.60. The minimum absolute atomic E-state index is 0.0273. The lowest BCUT2D eigenvalue weighted by atomic mass is 9.77. The molecule has 1 aromatic carbocycles. The molecule has 0 aromatic heterocycles. The quantitative estimate of drug-likeness (QED) is 0.714. The normalized spacial score (nSPS) is 22.4. The molecule has 22 heavy (non-hydrogen) atoms. The lowest BCUT2D eigenvalue weighted by Gasteiger charge is -2.29. The van der Waals surface area contributed by atoms with E-state index < -0.39 is 0 Å². The van der Waals surface area contributed by atoms with Crippen LogP contribution in [0, 0.1) is 5.92 Å². The summed E-state index contributed by atoms with van der Waals surface area (Å²) in [4.78, 5) is 11.6. The molecule has 1 saturated carbocycles. The predicted octanol–water partition coefficient (Wildman–Crippen LogP) is 5.21. The van der Waals surface area contributed by atoms with Crippen molar-refractivity contribution in [2.24, 2.45) is 5.92 Å². The van der Waals surface area contributed by atoms with E-state index >= 15 is 0 Å². The topological polar surface area (TPSA) is 26.3 Å². The average molecular weight is 302 g/mol. The molecular formula is C20H30O2. The Morgan fingerprint density at radius 1 is 1.09 bits per heavy atom. The summed E-state index contributed by atoms with van der Waals surface area (Å²) >= 11 is 0. The summed E-state index contributed by atoms with van der Waals surface area (Å²) < 4.78 is 5.06. The minimum atomic E-state index is -0.0273. The van der Waals surface area contributed by atoms with Gasteiger partial charge in [-0.25, -0.2) is 0 Å². The molecule has 0 amide bonds. The van der Waals surface area contributed by atoms with Gasteiger partial charge in [0.25, 0.3) is 0 Å². The number of hydrogen-bond acceptors (Lipinski definition) is 2. The van der Waals surface area contributed by atoms with Crippen molar-refractivity contribution in [2.75, 3.05) is 6.61 Å². The summed E-state index contributed by atoms with van der Waals surface area (Å²) in [6.07, 6.45) is 5.27. The molecule has 0 heterocycles. The Labute approximate surface area is 135 Å². The molecule has 1 fully saturated rings. The third kappa shape index (κ3) is 4.59. The zero-order valence-corrected chi connectivity index (χ0v) is 14.5. The maximum Gasteiger partial charge on any atom is 0.306 e. The van der Waals surface area contributed by atoms with E-state index in [0.29, 0.717) is 24.9 Å². The standard InChI is InChI=1S/C20H30O2/c1-5-22-19(21)14-15-6-8-16(9-7-15)17-10-12-18(13-11-17)20(2,3)4/h10-13,15-16H,5-9,14H2,1-4H3. The number of benzene rings is 1. The zero-order valence-electron chi connectivity index (χ0n) is 14.5. The number of rotatable bonds is 4. The van der Waals surface area contributed by atoms with E-state index in [1.54, 1.807) is 0 Å². The molecule has 0 saturated heterocycles. The van der Waals surface area contributed by atoms with Crippen LogP contribution in [0.1, 0.15) is 76.8 Å². The first-order chi connectivity index (χ1) is 10.4. The van der Waals surface area contributed by atoms with Gasteiger partial charge in [-0.3, -0.25) is 4.79 Å². The molecule has 2 rings (SSSR count). The van der Waals surface area contributed by atoms with E-state index in [2.05, 4.69) is 45.0 Å². The van der Waals surface area contributed by atoms with Crippen LogP contribution < -0.4 is 0 Å². The molecule has 0 spiro atoms. The zero-order chi connectivity index (χ0) is 16.2. The van der Waals surface area contributed by atoms with Crippen molar-refractivity contribution >= 4 is 5.97 Å². The highest BCUT2D eigenvalue weighted by atomic mass is 16.5. The largest absolute Gasteiger partial charge is 0.466 e. The molecule has 0 atom stereocenters. The monoisotopic (exact) mass is 302 g/mol. The SMILES string of the molecule is CCOC(=O)CC1CCC(c2ccc(C(C)(C)C)cc2)CC1. The second-order valence-corrected chi connectivity index (χ2v) is 7.60. The first-order valence-corrected chi connectivity index (χ1v) is 8.66. The molecule has 2 nitrogen and oxygen atoms in total. The van der Waals surface area contributed by atoms with Crippen molar-refractivity contribution in [3.8, 4) is 0 Å². The Bertz CT molecular complexity index is 473. The fourth-order valence-electron chi connectivity index (χ4n) is 3.41. The molecule has 0 radical (unpaired) electrons. The Hall–Kier alpha value is -1.31. The predicted molar refractivity (Wildman–Crippen MR) is 91.1 cm³/mol. The summed E-state index contributed by atoms with van der Waals surface area (Å²) in [6, 6.07) is 9.16. The number of carbonyl (C=O) groups is 1. The first-order valence-electron chi connectivity index (χ1n) is 8.66. The van der Waals surface area contributed by atoms with Crippen molar-refractivity contribution in [3.63, 3.8) is 0 Å². The van der Waals surface area contributed by atoms with Crippen molar-refractivity contribution < 1.29 is 9.53 Å². The van der Waals surface area contributed by atoms with Crippen LogP contribution in [0.3, 0.4) is 0 Å². The van der Waals surface area contributed by atoms with E-state index in [4.69, 9.17) is 4.74 Å². The number of carbonyl (C=O) groups excluding carboxylic acids is 1. The molecule has 0 N–H and O–H groups in total. The van der Waals surface area contributed by atoms with Crippen LogP contribution in [0.4, 0.5) is 0 Å². The highest BCUT2D eigenvalue weighted by Gasteiger charge is 2.24. The van der Waals surface area contributed by atoms with Crippen molar-refractivity contribution in [1.29, 1.82) is 0 Å². The van der Waals surface area contributed by atoms with Crippen molar-refractivity contribution in [2.45, 2.75) is 71.1 Å². The van der Waals surface area contributed by atoms with Crippen LogP contribution in [0.5, 0.6) is 0 Å². The third-order valence-corrected chi connectivity index (χ3v) is 4.86. The molecule has 0 aliphatic heterocycles. The van der Waals surface area contributed by atoms with E-state index in [-0.39, 0.29) is 11.4 Å². The van der Waals surface area contributed by atoms with Gasteiger partial charge in [-0.2, -0.15) is 0 Å². The van der Waals surface area contributed by atoms with Crippen LogP contribution in [-0.2, 0) is 14.9 Å². The number of esters is 1. The van der Waals surface area contributed by atoms with Gasteiger partial charge in [-0.05, 0) is 61.0 Å². The Morgan fingerprint density at radius 3 is 2.18 bits per heavy atom. The molecule has 2 heteroatoms. The second kappa shape index (κ2) is 7.30. The van der Waals surface area contributed by atoms with E-state index in [0.717, 1.165) is 12.8 Å². The summed E-state index contributed by atoms with van der Waals surface area (Å²) in [5.74, 6) is 1.15. The fourth-order valence-corrected chi connectivity index (χ4v) is 3.41. The number of ether oxygens (including phenoxy) is 1. The minimum Gasteiger partial charge on any atom is -0.466 e. The smallest absolute Gasteiger partial charge is 0.306 e.